The van der Waals surface area contributed by atoms with Gasteiger partial charge in [0, 0.05) is 18.4 Å². The number of nitrogens with zero attached hydrogens (tertiary/aromatic N) is 1. The summed E-state index contributed by atoms with van der Waals surface area (Å²) in [5.41, 5.74) is 2.50. The number of fused-ring (bicyclic) bond motifs is 1. The van der Waals surface area contributed by atoms with Crippen LogP contribution in [0.5, 0.6) is 0 Å². The molecule has 0 radical (unpaired) electrons. The van der Waals surface area contributed by atoms with Crippen molar-refractivity contribution in [1.29, 1.82) is 0 Å². The van der Waals surface area contributed by atoms with Gasteiger partial charge in [-0.1, -0.05) is 26.1 Å². The molecule has 1 heterocycles. The zero-order valence-electron chi connectivity index (χ0n) is 10.0. The van der Waals surface area contributed by atoms with Crippen LogP contribution in [0.4, 0.5) is 0 Å². The van der Waals surface area contributed by atoms with Crippen LogP contribution in [0.15, 0.2) is 0 Å². The fourth-order valence-electron chi connectivity index (χ4n) is 2.31. The molecule has 1 aromatic rings. The molecule has 1 N–H and O–H groups in total. The molecule has 0 aliphatic heterocycles. The van der Waals surface area contributed by atoms with Crippen molar-refractivity contribution in [3.05, 3.63) is 21.7 Å². The van der Waals surface area contributed by atoms with E-state index >= 15 is 0 Å². The van der Waals surface area contributed by atoms with Gasteiger partial charge in [0.15, 0.2) is 0 Å². The molecule has 0 aromatic carbocycles. The molecule has 88 valence electrons. The van der Waals surface area contributed by atoms with Gasteiger partial charge in [-0.25, -0.2) is 4.98 Å². The molecule has 1 aliphatic carbocycles. The van der Waals surface area contributed by atoms with E-state index in [-0.39, 0.29) is 6.10 Å². The SMILES string of the molecule is COC(c1nc(=S)c2c([nH]1)CCC2)C(C)C. The first-order valence-electron chi connectivity index (χ1n) is 5.78. The highest BCUT2D eigenvalue weighted by molar-refractivity contribution is 7.71. The van der Waals surface area contributed by atoms with Crippen LogP contribution in [0.25, 0.3) is 0 Å². The average Bonchev–Trinajstić information content (AvgIpc) is 2.66. The Morgan fingerprint density at radius 3 is 2.75 bits per heavy atom. The molecule has 0 fully saturated rings. The van der Waals surface area contributed by atoms with Crippen LogP contribution in [-0.4, -0.2) is 17.1 Å². The summed E-state index contributed by atoms with van der Waals surface area (Å²) >= 11 is 5.33. The van der Waals surface area contributed by atoms with Crippen molar-refractivity contribution in [2.75, 3.05) is 7.11 Å². The molecule has 16 heavy (non-hydrogen) atoms. The summed E-state index contributed by atoms with van der Waals surface area (Å²) in [7, 11) is 1.72. The first kappa shape index (κ1) is 11.7. The first-order valence-corrected chi connectivity index (χ1v) is 6.19. The van der Waals surface area contributed by atoms with E-state index in [4.69, 9.17) is 17.0 Å². The van der Waals surface area contributed by atoms with Gasteiger partial charge in [0.25, 0.3) is 0 Å². The van der Waals surface area contributed by atoms with E-state index in [1.54, 1.807) is 7.11 Å². The molecular formula is C12H18N2OS. The highest BCUT2D eigenvalue weighted by atomic mass is 32.1. The molecule has 3 nitrogen and oxygen atoms in total. The van der Waals surface area contributed by atoms with Gasteiger partial charge >= 0.3 is 0 Å². The predicted molar refractivity (Wildman–Crippen MR) is 66.0 cm³/mol. The molecule has 0 saturated carbocycles. The number of aryl methyl sites for hydroxylation is 1. The van der Waals surface area contributed by atoms with E-state index < -0.39 is 0 Å². The maximum atomic E-state index is 5.47. The fourth-order valence-corrected chi connectivity index (χ4v) is 2.63. The molecule has 1 atom stereocenters. The Kier molecular flexibility index (Phi) is 3.40. The number of aromatic amines is 1. The minimum Gasteiger partial charge on any atom is -0.373 e. The second-order valence-electron chi connectivity index (χ2n) is 4.64. The van der Waals surface area contributed by atoms with E-state index in [0.717, 1.165) is 23.3 Å². The molecule has 1 aliphatic rings. The number of H-pyrrole nitrogens is 1. The third kappa shape index (κ3) is 2.04. The number of rotatable bonds is 3. The molecule has 0 amide bonds. The van der Waals surface area contributed by atoms with Crippen molar-refractivity contribution < 1.29 is 4.74 Å². The van der Waals surface area contributed by atoms with Crippen LogP contribution in [0, 0.1) is 10.6 Å². The first-order chi connectivity index (χ1) is 7.63. The third-order valence-corrected chi connectivity index (χ3v) is 3.44. The molecule has 4 heteroatoms. The van der Waals surface area contributed by atoms with E-state index in [1.165, 1.54) is 17.7 Å². The molecule has 0 saturated heterocycles. The van der Waals surface area contributed by atoms with Gasteiger partial charge in [-0.3, -0.25) is 0 Å². The number of aromatic nitrogens is 2. The van der Waals surface area contributed by atoms with Crippen molar-refractivity contribution in [2.45, 2.75) is 39.2 Å². The Balaban J connectivity index is 2.43. The van der Waals surface area contributed by atoms with Crippen molar-refractivity contribution >= 4 is 12.2 Å². The van der Waals surface area contributed by atoms with Gasteiger partial charge in [0.05, 0.1) is 0 Å². The van der Waals surface area contributed by atoms with Crippen molar-refractivity contribution in [3.8, 4) is 0 Å². The van der Waals surface area contributed by atoms with Crippen molar-refractivity contribution in [3.63, 3.8) is 0 Å². The highest BCUT2D eigenvalue weighted by Gasteiger charge is 2.21. The minimum absolute atomic E-state index is 0.00704. The van der Waals surface area contributed by atoms with Crippen molar-refractivity contribution in [1.82, 2.24) is 9.97 Å². The summed E-state index contributed by atoms with van der Waals surface area (Å²) < 4.78 is 6.23. The summed E-state index contributed by atoms with van der Waals surface area (Å²) in [6.07, 6.45) is 3.34. The van der Waals surface area contributed by atoms with Crippen molar-refractivity contribution in [2.24, 2.45) is 5.92 Å². The highest BCUT2D eigenvalue weighted by Crippen LogP contribution is 2.26. The molecule has 0 spiro atoms. The summed E-state index contributed by atoms with van der Waals surface area (Å²) in [4.78, 5) is 7.87. The Labute approximate surface area is 101 Å². The van der Waals surface area contributed by atoms with E-state index in [9.17, 15) is 0 Å². The third-order valence-electron chi connectivity index (χ3n) is 3.11. The summed E-state index contributed by atoms with van der Waals surface area (Å²) in [6, 6.07) is 0. The Morgan fingerprint density at radius 1 is 1.38 bits per heavy atom. The fraction of sp³-hybridized carbons (Fsp3) is 0.667. The number of hydrogen-bond acceptors (Lipinski definition) is 3. The zero-order chi connectivity index (χ0) is 11.7. The quantitative estimate of drug-likeness (QED) is 0.823. The molecule has 1 unspecified atom stereocenters. The van der Waals surface area contributed by atoms with Crippen LogP contribution in [0.1, 0.15) is 43.5 Å². The lowest BCUT2D eigenvalue weighted by Gasteiger charge is -2.19. The molecule has 0 bridgehead atoms. The lowest BCUT2D eigenvalue weighted by atomic mass is 10.1. The Hall–Kier alpha value is -0.740. The van der Waals surface area contributed by atoms with Crippen LogP contribution < -0.4 is 0 Å². The average molecular weight is 238 g/mol. The van der Waals surface area contributed by atoms with Crippen LogP contribution in [0.3, 0.4) is 0 Å². The van der Waals surface area contributed by atoms with Gasteiger partial charge in [-0.05, 0) is 25.2 Å². The van der Waals surface area contributed by atoms with E-state index in [2.05, 4.69) is 23.8 Å². The van der Waals surface area contributed by atoms with Gasteiger partial charge in [-0.2, -0.15) is 0 Å². The lowest BCUT2D eigenvalue weighted by molar-refractivity contribution is 0.0572. The maximum absolute atomic E-state index is 5.47. The Morgan fingerprint density at radius 2 is 2.12 bits per heavy atom. The lowest BCUT2D eigenvalue weighted by Crippen LogP contribution is -2.14. The number of nitrogens with one attached hydrogen (secondary N) is 1. The summed E-state index contributed by atoms with van der Waals surface area (Å²) in [5, 5.41) is 0. The molecule has 1 aromatic heterocycles. The summed E-state index contributed by atoms with van der Waals surface area (Å²) in [5.74, 6) is 1.27. The van der Waals surface area contributed by atoms with Gasteiger partial charge in [0.2, 0.25) is 0 Å². The number of hydrogen-bond donors (Lipinski definition) is 1. The number of methoxy groups -OCH3 is 1. The van der Waals surface area contributed by atoms with E-state index in [0.29, 0.717) is 5.92 Å². The van der Waals surface area contributed by atoms with Gasteiger partial charge in [0.1, 0.15) is 16.6 Å². The summed E-state index contributed by atoms with van der Waals surface area (Å²) in [6.45, 7) is 4.25. The van der Waals surface area contributed by atoms with Crippen LogP contribution in [-0.2, 0) is 17.6 Å². The monoisotopic (exact) mass is 238 g/mol. The van der Waals surface area contributed by atoms with Gasteiger partial charge in [-0.15, -0.1) is 0 Å². The molecular weight excluding hydrogens is 220 g/mol. The number of ether oxygens (including phenoxy) is 1. The largest absolute Gasteiger partial charge is 0.373 e. The topological polar surface area (TPSA) is 37.9 Å². The standard InChI is InChI=1S/C12H18N2OS/c1-7(2)10(15-3)11-13-9-6-4-5-8(9)12(16)14-11/h7,10H,4-6H2,1-3H3,(H,13,14,16). The predicted octanol–water partition coefficient (Wildman–Crippen LogP) is 2.97. The molecule has 2 rings (SSSR count). The second kappa shape index (κ2) is 4.63. The smallest absolute Gasteiger partial charge is 0.137 e. The normalized spacial score (nSPS) is 16.5. The van der Waals surface area contributed by atoms with Gasteiger partial charge < -0.3 is 9.72 Å². The maximum Gasteiger partial charge on any atom is 0.137 e. The Bertz CT molecular complexity index is 439. The van der Waals surface area contributed by atoms with Crippen LogP contribution in [0.2, 0.25) is 0 Å². The second-order valence-corrected chi connectivity index (χ2v) is 5.02. The zero-order valence-corrected chi connectivity index (χ0v) is 10.9. The van der Waals surface area contributed by atoms with Crippen LogP contribution >= 0.6 is 12.2 Å². The van der Waals surface area contributed by atoms with E-state index in [1.807, 2.05) is 0 Å². The minimum atomic E-state index is 0.00704.